The molecule has 0 spiro atoms. The molecule has 1 aromatic carbocycles. The lowest BCUT2D eigenvalue weighted by Crippen LogP contribution is -2.43. The highest BCUT2D eigenvalue weighted by Gasteiger charge is 2.43. The van der Waals surface area contributed by atoms with Crippen LogP contribution in [0.15, 0.2) is 18.2 Å². The minimum atomic E-state index is 0.0129. The van der Waals surface area contributed by atoms with Gasteiger partial charge >= 0.3 is 0 Å². The summed E-state index contributed by atoms with van der Waals surface area (Å²) in [6.07, 6.45) is 5.01. The van der Waals surface area contributed by atoms with Crippen molar-refractivity contribution in [3.8, 4) is 5.75 Å². The van der Waals surface area contributed by atoms with Gasteiger partial charge in [0.1, 0.15) is 11.4 Å². The van der Waals surface area contributed by atoms with Gasteiger partial charge in [0, 0.05) is 37.1 Å². The standard InChI is InChI=1S/C16H19NO2/c18-14-6-5-13-12(14)3-1-4-15(13)19-16-7-2-9-17(11-16)10-8-16/h1,3-4H,2,5-11H2/t16-/m1/s1. The Balaban J connectivity index is 1.66. The van der Waals surface area contributed by atoms with Gasteiger partial charge in [-0.3, -0.25) is 9.69 Å². The zero-order valence-corrected chi connectivity index (χ0v) is 11.2. The first-order chi connectivity index (χ1) is 9.26. The molecule has 2 fully saturated rings. The van der Waals surface area contributed by atoms with Crippen LogP contribution < -0.4 is 4.74 Å². The quantitative estimate of drug-likeness (QED) is 0.815. The van der Waals surface area contributed by atoms with Gasteiger partial charge in [-0.2, -0.15) is 0 Å². The maximum absolute atomic E-state index is 11.8. The fourth-order valence-corrected chi connectivity index (χ4v) is 3.87. The zero-order valence-electron chi connectivity index (χ0n) is 11.2. The Morgan fingerprint density at radius 1 is 1.16 bits per heavy atom. The van der Waals surface area contributed by atoms with Crippen molar-refractivity contribution in [1.82, 2.24) is 4.90 Å². The largest absolute Gasteiger partial charge is 0.486 e. The summed E-state index contributed by atoms with van der Waals surface area (Å²) >= 11 is 0. The fourth-order valence-electron chi connectivity index (χ4n) is 3.87. The maximum atomic E-state index is 11.8. The summed E-state index contributed by atoms with van der Waals surface area (Å²) in [6, 6.07) is 5.95. The molecule has 0 amide bonds. The van der Waals surface area contributed by atoms with Crippen LogP contribution in [0, 0.1) is 0 Å². The number of benzene rings is 1. The lowest BCUT2D eigenvalue weighted by atomic mass is 9.94. The minimum Gasteiger partial charge on any atom is -0.486 e. The van der Waals surface area contributed by atoms with Crippen molar-refractivity contribution in [2.75, 3.05) is 19.6 Å². The van der Waals surface area contributed by atoms with Gasteiger partial charge in [-0.05, 0) is 31.9 Å². The lowest BCUT2D eigenvalue weighted by molar-refractivity contribution is 0.0444. The van der Waals surface area contributed by atoms with E-state index >= 15 is 0 Å². The van der Waals surface area contributed by atoms with Gasteiger partial charge in [-0.25, -0.2) is 0 Å². The molecular weight excluding hydrogens is 238 g/mol. The van der Waals surface area contributed by atoms with E-state index in [1.165, 1.54) is 13.0 Å². The molecule has 19 heavy (non-hydrogen) atoms. The third kappa shape index (κ3) is 1.79. The molecule has 0 aromatic heterocycles. The number of fused-ring (bicyclic) bond motifs is 3. The van der Waals surface area contributed by atoms with E-state index in [1.807, 2.05) is 18.2 Å². The zero-order chi connectivity index (χ0) is 12.9. The molecule has 1 aromatic rings. The molecule has 3 aliphatic rings. The first kappa shape index (κ1) is 11.5. The van der Waals surface area contributed by atoms with Crippen molar-refractivity contribution in [2.45, 2.75) is 37.7 Å². The first-order valence-corrected chi connectivity index (χ1v) is 7.32. The Labute approximate surface area is 113 Å². The Hall–Kier alpha value is -1.35. The molecule has 0 radical (unpaired) electrons. The van der Waals surface area contributed by atoms with E-state index in [4.69, 9.17) is 4.74 Å². The van der Waals surface area contributed by atoms with E-state index in [2.05, 4.69) is 4.90 Å². The molecular formula is C16H19NO2. The van der Waals surface area contributed by atoms with Crippen LogP contribution in [-0.4, -0.2) is 35.9 Å². The first-order valence-electron chi connectivity index (χ1n) is 7.32. The van der Waals surface area contributed by atoms with Crippen molar-refractivity contribution >= 4 is 5.78 Å². The lowest BCUT2D eigenvalue weighted by Gasteiger charge is -2.35. The predicted octanol–water partition coefficient (Wildman–Crippen LogP) is 2.43. The molecule has 2 aliphatic heterocycles. The van der Waals surface area contributed by atoms with Crippen LogP contribution in [-0.2, 0) is 6.42 Å². The van der Waals surface area contributed by atoms with E-state index in [0.717, 1.165) is 49.2 Å². The van der Waals surface area contributed by atoms with Crippen LogP contribution in [0.5, 0.6) is 5.75 Å². The van der Waals surface area contributed by atoms with Gasteiger partial charge in [-0.1, -0.05) is 12.1 Å². The number of piperidine rings is 1. The van der Waals surface area contributed by atoms with Gasteiger partial charge in [0.25, 0.3) is 0 Å². The fraction of sp³-hybridized carbons (Fsp3) is 0.562. The summed E-state index contributed by atoms with van der Waals surface area (Å²) in [4.78, 5) is 14.3. The highest BCUT2D eigenvalue weighted by Crippen LogP contribution is 2.39. The van der Waals surface area contributed by atoms with E-state index in [1.54, 1.807) is 0 Å². The molecule has 3 heteroatoms. The average molecular weight is 257 g/mol. The number of rotatable bonds is 2. The van der Waals surface area contributed by atoms with Gasteiger partial charge in [0.05, 0.1) is 0 Å². The summed E-state index contributed by atoms with van der Waals surface area (Å²) in [7, 11) is 0. The molecule has 0 saturated carbocycles. The number of nitrogens with zero attached hydrogens (tertiary/aromatic N) is 1. The third-order valence-corrected chi connectivity index (χ3v) is 4.86. The average Bonchev–Trinajstić information content (AvgIpc) is 2.93. The summed E-state index contributed by atoms with van der Waals surface area (Å²) < 4.78 is 6.43. The summed E-state index contributed by atoms with van der Waals surface area (Å²) in [5, 5.41) is 0. The van der Waals surface area contributed by atoms with Crippen LogP contribution in [0.3, 0.4) is 0 Å². The highest BCUT2D eigenvalue weighted by molar-refractivity contribution is 6.01. The predicted molar refractivity (Wildman–Crippen MR) is 72.7 cm³/mol. The van der Waals surface area contributed by atoms with E-state index < -0.39 is 0 Å². The molecule has 4 rings (SSSR count). The SMILES string of the molecule is O=C1CCc2c(O[C@]34CCCN(CC3)C4)cccc21. The van der Waals surface area contributed by atoms with Crippen LogP contribution >= 0.6 is 0 Å². The second-order valence-electron chi connectivity index (χ2n) is 6.12. The molecule has 2 bridgehead atoms. The van der Waals surface area contributed by atoms with E-state index in [0.29, 0.717) is 6.42 Å². The Bertz CT molecular complexity index is 536. The van der Waals surface area contributed by atoms with Crippen LogP contribution in [0.25, 0.3) is 0 Å². The number of hydrogen-bond acceptors (Lipinski definition) is 3. The Morgan fingerprint density at radius 2 is 2.11 bits per heavy atom. The molecule has 1 unspecified atom stereocenters. The van der Waals surface area contributed by atoms with Crippen molar-refractivity contribution in [1.29, 1.82) is 0 Å². The summed E-state index contributed by atoms with van der Waals surface area (Å²) in [5.41, 5.74) is 2.05. The molecule has 2 saturated heterocycles. The number of ketones is 1. The van der Waals surface area contributed by atoms with Crippen LogP contribution in [0.2, 0.25) is 0 Å². The molecule has 2 atom stereocenters. The van der Waals surface area contributed by atoms with E-state index in [-0.39, 0.29) is 11.4 Å². The minimum absolute atomic E-state index is 0.0129. The monoisotopic (exact) mass is 257 g/mol. The Kier molecular flexibility index (Phi) is 2.46. The number of hydrogen-bond donors (Lipinski definition) is 0. The molecule has 2 heterocycles. The van der Waals surface area contributed by atoms with Crippen molar-refractivity contribution in [3.63, 3.8) is 0 Å². The van der Waals surface area contributed by atoms with Crippen LogP contribution in [0.4, 0.5) is 0 Å². The Morgan fingerprint density at radius 3 is 3.05 bits per heavy atom. The van der Waals surface area contributed by atoms with Crippen LogP contribution in [0.1, 0.15) is 41.6 Å². The van der Waals surface area contributed by atoms with Gasteiger partial charge < -0.3 is 4.74 Å². The molecule has 3 nitrogen and oxygen atoms in total. The topological polar surface area (TPSA) is 29.5 Å². The van der Waals surface area contributed by atoms with Gasteiger partial charge in [0.2, 0.25) is 0 Å². The normalized spacial score (nSPS) is 32.4. The van der Waals surface area contributed by atoms with Gasteiger partial charge in [0.15, 0.2) is 5.78 Å². The maximum Gasteiger partial charge on any atom is 0.163 e. The number of Topliss-reactive ketones (excluding diaryl/α,β-unsaturated/α-hetero) is 1. The second kappa shape index (κ2) is 4.07. The number of ether oxygens (including phenoxy) is 1. The van der Waals surface area contributed by atoms with Gasteiger partial charge in [-0.15, -0.1) is 0 Å². The number of carbonyl (C=O) groups is 1. The third-order valence-electron chi connectivity index (χ3n) is 4.86. The smallest absolute Gasteiger partial charge is 0.163 e. The van der Waals surface area contributed by atoms with Crippen molar-refractivity contribution in [3.05, 3.63) is 29.3 Å². The molecule has 0 N–H and O–H groups in total. The number of carbonyl (C=O) groups excluding carboxylic acids is 1. The second-order valence-corrected chi connectivity index (χ2v) is 6.12. The highest BCUT2D eigenvalue weighted by atomic mass is 16.5. The van der Waals surface area contributed by atoms with E-state index in [9.17, 15) is 4.79 Å². The molecule has 1 aliphatic carbocycles. The van der Waals surface area contributed by atoms with Crippen molar-refractivity contribution < 1.29 is 9.53 Å². The van der Waals surface area contributed by atoms with Crippen molar-refractivity contribution in [2.24, 2.45) is 0 Å². The summed E-state index contributed by atoms with van der Waals surface area (Å²) in [5.74, 6) is 1.24. The molecule has 100 valence electrons. The summed E-state index contributed by atoms with van der Waals surface area (Å²) in [6.45, 7) is 3.44.